The van der Waals surface area contributed by atoms with Gasteiger partial charge in [0.15, 0.2) is 0 Å². The molecule has 0 bridgehead atoms. The van der Waals surface area contributed by atoms with Crippen LogP contribution in [0.2, 0.25) is 0 Å². The minimum Gasteiger partial charge on any atom is -0.497 e. The van der Waals surface area contributed by atoms with E-state index >= 15 is 0 Å². The second-order valence-electron chi connectivity index (χ2n) is 7.06. The number of amides is 1. The van der Waals surface area contributed by atoms with E-state index in [0.717, 1.165) is 36.3 Å². The lowest BCUT2D eigenvalue weighted by atomic mass is 9.88. The Kier molecular flexibility index (Phi) is 6.35. The summed E-state index contributed by atoms with van der Waals surface area (Å²) in [5.41, 5.74) is 3.64. The molecule has 0 spiro atoms. The number of nitrogens with zero attached hydrogens (tertiary/aromatic N) is 1. The van der Waals surface area contributed by atoms with Gasteiger partial charge in [-0.1, -0.05) is 30.3 Å². The summed E-state index contributed by atoms with van der Waals surface area (Å²) >= 11 is 0. The highest BCUT2D eigenvalue weighted by Gasteiger charge is 2.22. The number of aryl methyl sites for hydroxylation is 1. The molecule has 0 aliphatic heterocycles. The van der Waals surface area contributed by atoms with Crippen LogP contribution in [0.4, 0.5) is 0 Å². The summed E-state index contributed by atoms with van der Waals surface area (Å²) in [6, 6.07) is 14.3. The highest BCUT2D eigenvalue weighted by atomic mass is 16.5. The lowest BCUT2D eigenvalue weighted by Gasteiger charge is -2.27. The van der Waals surface area contributed by atoms with Gasteiger partial charge in [0.05, 0.1) is 26.8 Å². The Morgan fingerprint density at radius 3 is 2.78 bits per heavy atom. The molecular formula is C22H28N2O3. The van der Waals surface area contributed by atoms with E-state index in [2.05, 4.69) is 23.5 Å². The Hall–Kier alpha value is -2.53. The van der Waals surface area contributed by atoms with Gasteiger partial charge >= 0.3 is 0 Å². The summed E-state index contributed by atoms with van der Waals surface area (Å²) in [5.74, 6) is 1.57. The number of methoxy groups -OCH3 is 2. The van der Waals surface area contributed by atoms with Gasteiger partial charge in [-0.2, -0.15) is 0 Å². The fourth-order valence-electron chi connectivity index (χ4n) is 3.72. The number of fused-ring (bicyclic) bond motifs is 1. The first-order chi connectivity index (χ1) is 13.1. The van der Waals surface area contributed by atoms with Crippen molar-refractivity contribution in [1.29, 1.82) is 0 Å². The van der Waals surface area contributed by atoms with E-state index in [0.29, 0.717) is 13.1 Å². The Labute approximate surface area is 161 Å². The van der Waals surface area contributed by atoms with Crippen LogP contribution in [-0.4, -0.2) is 38.6 Å². The van der Waals surface area contributed by atoms with Crippen molar-refractivity contribution in [2.24, 2.45) is 0 Å². The predicted octanol–water partition coefficient (Wildman–Crippen LogP) is 3.33. The molecule has 0 heterocycles. The van der Waals surface area contributed by atoms with Gasteiger partial charge in [0.25, 0.3) is 0 Å². The molecule has 144 valence electrons. The van der Waals surface area contributed by atoms with Gasteiger partial charge in [0, 0.05) is 18.2 Å². The SMILES string of the molecule is COc1ccc(CN(C)CC(=O)N[C@H]2CCCc3ccccc32)c(OC)c1. The van der Waals surface area contributed by atoms with Crippen molar-refractivity contribution in [3.05, 3.63) is 59.2 Å². The van der Waals surface area contributed by atoms with Crippen LogP contribution < -0.4 is 14.8 Å². The second kappa shape index (κ2) is 8.91. The van der Waals surface area contributed by atoms with Gasteiger partial charge < -0.3 is 14.8 Å². The first kappa shape index (κ1) is 19.2. The van der Waals surface area contributed by atoms with Crippen LogP contribution in [0.15, 0.2) is 42.5 Å². The minimum atomic E-state index is 0.0479. The van der Waals surface area contributed by atoms with E-state index in [9.17, 15) is 4.79 Å². The van der Waals surface area contributed by atoms with Crippen LogP contribution in [-0.2, 0) is 17.8 Å². The number of hydrogen-bond acceptors (Lipinski definition) is 4. The van der Waals surface area contributed by atoms with Crippen molar-refractivity contribution in [3.8, 4) is 11.5 Å². The summed E-state index contributed by atoms with van der Waals surface area (Å²) in [4.78, 5) is 14.6. The van der Waals surface area contributed by atoms with Crippen LogP contribution in [0, 0.1) is 0 Å². The Morgan fingerprint density at radius 1 is 1.19 bits per heavy atom. The van der Waals surface area contributed by atoms with Crippen LogP contribution >= 0.6 is 0 Å². The van der Waals surface area contributed by atoms with Crippen LogP contribution in [0.5, 0.6) is 11.5 Å². The molecule has 1 atom stereocenters. The number of ether oxygens (including phenoxy) is 2. The molecule has 2 aromatic rings. The standard InChI is InChI=1S/C22H28N2O3/c1-24(14-17-11-12-18(26-2)13-21(17)27-3)15-22(25)23-20-10-6-8-16-7-4-5-9-19(16)20/h4-5,7,9,11-13,20H,6,8,10,14-15H2,1-3H3,(H,23,25)/t20-/m0/s1. The Bertz CT molecular complexity index is 791. The minimum absolute atomic E-state index is 0.0479. The van der Waals surface area contributed by atoms with Crippen LogP contribution in [0.25, 0.3) is 0 Å². The molecule has 0 radical (unpaired) electrons. The number of nitrogens with one attached hydrogen (secondary N) is 1. The number of hydrogen-bond donors (Lipinski definition) is 1. The first-order valence-corrected chi connectivity index (χ1v) is 9.37. The molecule has 0 fully saturated rings. The van der Waals surface area contributed by atoms with E-state index in [1.165, 1.54) is 11.1 Å². The van der Waals surface area contributed by atoms with E-state index in [4.69, 9.17) is 9.47 Å². The number of benzene rings is 2. The van der Waals surface area contributed by atoms with Gasteiger partial charge in [0.1, 0.15) is 11.5 Å². The van der Waals surface area contributed by atoms with Gasteiger partial charge in [-0.05, 0) is 43.5 Å². The molecule has 1 amide bonds. The molecule has 3 rings (SSSR count). The monoisotopic (exact) mass is 368 g/mol. The van der Waals surface area contributed by atoms with Crippen molar-refractivity contribution in [2.45, 2.75) is 31.8 Å². The van der Waals surface area contributed by atoms with Gasteiger partial charge in [-0.15, -0.1) is 0 Å². The fourth-order valence-corrected chi connectivity index (χ4v) is 3.72. The van der Waals surface area contributed by atoms with Gasteiger partial charge in [-0.3, -0.25) is 9.69 Å². The molecule has 5 heteroatoms. The van der Waals surface area contributed by atoms with E-state index in [1.54, 1.807) is 14.2 Å². The van der Waals surface area contributed by atoms with Crippen molar-refractivity contribution >= 4 is 5.91 Å². The van der Waals surface area contributed by atoms with Crippen molar-refractivity contribution < 1.29 is 14.3 Å². The van der Waals surface area contributed by atoms with Crippen molar-refractivity contribution in [3.63, 3.8) is 0 Å². The quantitative estimate of drug-likeness (QED) is 0.814. The van der Waals surface area contributed by atoms with Crippen molar-refractivity contribution in [1.82, 2.24) is 10.2 Å². The molecule has 1 aliphatic carbocycles. The molecule has 1 aliphatic rings. The second-order valence-corrected chi connectivity index (χ2v) is 7.06. The molecule has 0 saturated heterocycles. The number of likely N-dealkylation sites (N-methyl/N-ethyl adjacent to an activating group) is 1. The molecule has 2 aromatic carbocycles. The van der Waals surface area contributed by atoms with Gasteiger partial charge in [-0.25, -0.2) is 0 Å². The predicted molar refractivity (Wildman–Crippen MR) is 106 cm³/mol. The lowest BCUT2D eigenvalue weighted by Crippen LogP contribution is -2.38. The third kappa shape index (κ3) is 4.80. The highest BCUT2D eigenvalue weighted by Crippen LogP contribution is 2.29. The van der Waals surface area contributed by atoms with E-state index < -0.39 is 0 Å². The van der Waals surface area contributed by atoms with E-state index in [1.807, 2.05) is 36.2 Å². The number of carbonyl (C=O) groups is 1. The van der Waals surface area contributed by atoms with Crippen molar-refractivity contribution in [2.75, 3.05) is 27.8 Å². The number of rotatable bonds is 7. The number of carbonyl (C=O) groups excluding carboxylic acids is 1. The maximum absolute atomic E-state index is 12.6. The highest BCUT2D eigenvalue weighted by molar-refractivity contribution is 5.78. The first-order valence-electron chi connectivity index (χ1n) is 9.37. The molecule has 0 saturated carbocycles. The molecule has 0 aromatic heterocycles. The molecule has 5 nitrogen and oxygen atoms in total. The summed E-state index contributed by atoms with van der Waals surface area (Å²) in [6.45, 7) is 0.968. The largest absolute Gasteiger partial charge is 0.497 e. The average molecular weight is 368 g/mol. The molecular weight excluding hydrogens is 340 g/mol. The Morgan fingerprint density at radius 2 is 2.00 bits per heavy atom. The Balaban J connectivity index is 1.59. The topological polar surface area (TPSA) is 50.8 Å². The summed E-state index contributed by atoms with van der Waals surface area (Å²) in [6.07, 6.45) is 3.21. The lowest BCUT2D eigenvalue weighted by molar-refractivity contribution is -0.122. The maximum atomic E-state index is 12.6. The average Bonchev–Trinajstić information content (AvgIpc) is 2.68. The molecule has 0 unspecified atom stereocenters. The zero-order chi connectivity index (χ0) is 19.2. The van der Waals surface area contributed by atoms with Crippen LogP contribution in [0.3, 0.4) is 0 Å². The third-order valence-electron chi connectivity index (χ3n) is 5.05. The van der Waals surface area contributed by atoms with Crippen LogP contribution in [0.1, 0.15) is 35.6 Å². The zero-order valence-electron chi connectivity index (χ0n) is 16.3. The van der Waals surface area contributed by atoms with Gasteiger partial charge in [0.2, 0.25) is 5.91 Å². The smallest absolute Gasteiger partial charge is 0.234 e. The zero-order valence-corrected chi connectivity index (χ0v) is 16.3. The molecule has 27 heavy (non-hydrogen) atoms. The summed E-state index contributed by atoms with van der Waals surface area (Å²) in [5, 5.41) is 3.21. The fraction of sp³-hybridized carbons (Fsp3) is 0.409. The van der Waals surface area contributed by atoms with E-state index in [-0.39, 0.29) is 11.9 Å². The normalized spacial score (nSPS) is 15.9. The maximum Gasteiger partial charge on any atom is 0.234 e. The summed E-state index contributed by atoms with van der Waals surface area (Å²) < 4.78 is 10.7. The summed E-state index contributed by atoms with van der Waals surface area (Å²) in [7, 11) is 5.22. The third-order valence-corrected chi connectivity index (χ3v) is 5.05. The molecule has 1 N–H and O–H groups in total.